The quantitative estimate of drug-likeness (QED) is 0.239. The van der Waals surface area contributed by atoms with Gasteiger partial charge in [0.2, 0.25) is 0 Å². The van der Waals surface area contributed by atoms with Crippen LogP contribution in [0.3, 0.4) is 0 Å². The van der Waals surface area contributed by atoms with Crippen molar-refractivity contribution in [2.45, 2.75) is 31.8 Å². The zero-order valence-corrected chi connectivity index (χ0v) is 23.1. The highest BCUT2D eigenvalue weighted by Gasteiger charge is 2.32. The third-order valence-electron chi connectivity index (χ3n) is 6.35. The van der Waals surface area contributed by atoms with E-state index in [1.165, 1.54) is 18.4 Å². The fourth-order valence-corrected chi connectivity index (χ4v) is 4.34. The van der Waals surface area contributed by atoms with Gasteiger partial charge in [-0.25, -0.2) is 0 Å². The first-order valence-corrected chi connectivity index (χ1v) is 11.8. The Labute approximate surface area is 216 Å². The summed E-state index contributed by atoms with van der Waals surface area (Å²) in [5, 5.41) is 7.02. The Kier molecular flexibility index (Phi) is 12.0. The molecule has 0 aromatic heterocycles. The van der Waals surface area contributed by atoms with Gasteiger partial charge in [-0.1, -0.05) is 6.07 Å². The highest BCUT2D eigenvalue weighted by molar-refractivity contribution is 14.0. The van der Waals surface area contributed by atoms with E-state index in [0.717, 1.165) is 69.3 Å². The Balaban J connectivity index is 0.00000385. The number of morpholine rings is 1. The summed E-state index contributed by atoms with van der Waals surface area (Å²) in [4.78, 5) is 9.71. The van der Waals surface area contributed by atoms with E-state index >= 15 is 0 Å². The molecule has 1 aromatic carbocycles. The third-order valence-corrected chi connectivity index (χ3v) is 6.35. The van der Waals surface area contributed by atoms with Crippen molar-refractivity contribution in [3.8, 4) is 11.5 Å². The van der Waals surface area contributed by atoms with Gasteiger partial charge in [-0.05, 0) is 57.5 Å². The summed E-state index contributed by atoms with van der Waals surface area (Å²) in [5.41, 5.74) is 1.19. The maximum absolute atomic E-state index is 5.60. The van der Waals surface area contributed by atoms with E-state index in [1.807, 2.05) is 6.07 Å². The van der Waals surface area contributed by atoms with Crippen molar-refractivity contribution in [2.75, 3.05) is 74.3 Å². The Morgan fingerprint density at radius 3 is 2.42 bits per heavy atom. The Bertz CT molecular complexity index is 737. The summed E-state index contributed by atoms with van der Waals surface area (Å²) in [5.74, 6) is 3.15. The van der Waals surface area contributed by atoms with Crippen LogP contribution in [0.15, 0.2) is 23.2 Å². The van der Waals surface area contributed by atoms with Gasteiger partial charge in [0, 0.05) is 32.2 Å². The lowest BCUT2D eigenvalue weighted by Gasteiger charge is -2.35. The number of nitrogens with one attached hydrogen (secondary N) is 2. The molecule has 3 rings (SSSR count). The van der Waals surface area contributed by atoms with Crippen LogP contribution >= 0.6 is 24.0 Å². The van der Waals surface area contributed by atoms with Crippen molar-refractivity contribution in [3.05, 3.63) is 23.8 Å². The number of rotatable bonds is 11. The minimum atomic E-state index is 0. The predicted octanol–water partition coefficient (Wildman–Crippen LogP) is 2.59. The molecule has 2 aliphatic rings. The van der Waals surface area contributed by atoms with Gasteiger partial charge in [-0.3, -0.25) is 9.89 Å². The third kappa shape index (κ3) is 8.15. The molecule has 2 N–H and O–H groups in total. The van der Waals surface area contributed by atoms with Crippen LogP contribution in [0.5, 0.6) is 11.5 Å². The van der Waals surface area contributed by atoms with E-state index in [0.29, 0.717) is 6.04 Å². The second-order valence-electron chi connectivity index (χ2n) is 8.75. The highest BCUT2D eigenvalue weighted by atomic mass is 127. The lowest BCUT2D eigenvalue weighted by atomic mass is 10.0. The zero-order valence-electron chi connectivity index (χ0n) is 20.8. The monoisotopic (exact) mass is 575 g/mol. The molecule has 1 aliphatic carbocycles. The van der Waals surface area contributed by atoms with Crippen LogP contribution in [0.25, 0.3) is 0 Å². The van der Waals surface area contributed by atoms with Crippen LogP contribution in [0.2, 0.25) is 0 Å². The molecule has 2 fully saturated rings. The molecule has 0 amide bonds. The topological polar surface area (TPSA) is 70.6 Å². The summed E-state index contributed by atoms with van der Waals surface area (Å²) in [7, 11) is 7.66. The Hall–Kier alpha value is -1.30. The number of benzene rings is 1. The molecule has 2 unspecified atom stereocenters. The first kappa shape index (κ1) is 27.9. The zero-order chi connectivity index (χ0) is 22.9. The molecule has 1 heterocycles. The summed E-state index contributed by atoms with van der Waals surface area (Å²) >= 11 is 0. The molecule has 1 aromatic rings. The van der Waals surface area contributed by atoms with Crippen molar-refractivity contribution in [1.82, 2.24) is 20.4 Å². The van der Waals surface area contributed by atoms with E-state index in [9.17, 15) is 0 Å². The fourth-order valence-electron chi connectivity index (χ4n) is 4.34. The number of ether oxygens (including phenoxy) is 3. The molecule has 0 radical (unpaired) electrons. The molecule has 0 spiro atoms. The second-order valence-corrected chi connectivity index (χ2v) is 8.75. The van der Waals surface area contributed by atoms with Crippen molar-refractivity contribution in [1.29, 1.82) is 0 Å². The van der Waals surface area contributed by atoms with Crippen LogP contribution < -0.4 is 20.1 Å². The number of methoxy groups -OCH3 is 2. The lowest BCUT2D eigenvalue weighted by molar-refractivity contribution is 0.0169. The molecule has 2 atom stereocenters. The van der Waals surface area contributed by atoms with Gasteiger partial charge in [-0.2, -0.15) is 0 Å². The minimum Gasteiger partial charge on any atom is -0.493 e. The molecule has 1 aliphatic heterocycles. The normalized spacial score (nSPS) is 18.9. The fraction of sp³-hybridized carbons (Fsp3) is 0.708. The highest BCUT2D eigenvalue weighted by Crippen LogP contribution is 2.35. The number of nitrogens with zero attached hydrogens (tertiary/aromatic N) is 3. The Morgan fingerprint density at radius 1 is 1.15 bits per heavy atom. The smallest absolute Gasteiger partial charge is 0.191 e. The number of guanidine groups is 1. The maximum Gasteiger partial charge on any atom is 0.191 e. The van der Waals surface area contributed by atoms with Crippen molar-refractivity contribution in [2.24, 2.45) is 10.9 Å². The summed E-state index contributed by atoms with van der Waals surface area (Å²) in [6.07, 6.45) is 2.64. The molecule has 1 saturated carbocycles. The van der Waals surface area contributed by atoms with Gasteiger partial charge >= 0.3 is 0 Å². The number of hydrogen-bond donors (Lipinski definition) is 2. The largest absolute Gasteiger partial charge is 0.493 e. The molecule has 33 heavy (non-hydrogen) atoms. The van der Waals surface area contributed by atoms with E-state index in [1.54, 1.807) is 14.2 Å². The van der Waals surface area contributed by atoms with Crippen LogP contribution in [0.1, 0.15) is 31.4 Å². The first-order valence-electron chi connectivity index (χ1n) is 11.8. The molecule has 8 nitrogen and oxygen atoms in total. The van der Waals surface area contributed by atoms with Crippen molar-refractivity contribution in [3.63, 3.8) is 0 Å². The standard InChI is InChI=1S/C24H41N5O3.HI/c1-6-25-24(26-16-20(28(2)3)18-7-8-18)27-17-21(29-11-13-32-14-12-29)19-9-10-22(30-4)23(15-19)31-5;/h9-10,15,18,20-21H,6-8,11-14,16-17H2,1-5H3,(H2,25,26,27);1H. The minimum absolute atomic E-state index is 0. The SMILES string of the molecule is CCNC(=NCC(C1CC1)N(C)C)NCC(c1ccc(OC)c(OC)c1)N1CCOCC1.I. The van der Waals surface area contributed by atoms with Gasteiger partial charge in [-0.15, -0.1) is 24.0 Å². The molecule has 9 heteroatoms. The van der Waals surface area contributed by atoms with Gasteiger partial charge in [0.15, 0.2) is 17.5 Å². The number of likely N-dealkylation sites (N-methyl/N-ethyl adjacent to an activating group) is 1. The van der Waals surface area contributed by atoms with Gasteiger partial charge < -0.3 is 29.7 Å². The first-order chi connectivity index (χ1) is 15.6. The molecule has 0 bridgehead atoms. The number of hydrogen-bond acceptors (Lipinski definition) is 6. The molecular formula is C24H42IN5O3. The van der Waals surface area contributed by atoms with Crippen molar-refractivity contribution < 1.29 is 14.2 Å². The lowest BCUT2D eigenvalue weighted by Crippen LogP contribution is -2.46. The maximum atomic E-state index is 5.60. The molecule has 188 valence electrons. The van der Waals surface area contributed by atoms with Crippen LogP contribution in [0.4, 0.5) is 0 Å². The molecule has 1 saturated heterocycles. The van der Waals surface area contributed by atoms with E-state index < -0.39 is 0 Å². The average Bonchev–Trinajstić information content (AvgIpc) is 3.64. The van der Waals surface area contributed by atoms with E-state index in [2.05, 4.69) is 53.6 Å². The second kappa shape index (κ2) is 14.2. The molecular weight excluding hydrogens is 533 g/mol. The summed E-state index contributed by atoms with van der Waals surface area (Å²) in [6.45, 7) is 7.81. The van der Waals surface area contributed by atoms with Crippen molar-refractivity contribution >= 4 is 29.9 Å². The van der Waals surface area contributed by atoms with Gasteiger partial charge in [0.25, 0.3) is 0 Å². The van der Waals surface area contributed by atoms with Gasteiger partial charge in [0.05, 0.1) is 40.0 Å². The summed E-state index contributed by atoms with van der Waals surface area (Å²) < 4.78 is 16.6. The van der Waals surface area contributed by atoms with E-state index in [-0.39, 0.29) is 30.0 Å². The number of aliphatic imine (C=N–C) groups is 1. The van der Waals surface area contributed by atoms with Crippen LogP contribution in [0, 0.1) is 5.92 Å². The predicted molar refractivity (Wildman–Crippen MR) is 144 cm³/mol. The van der Waals surface area contributed by atoms with E-state index in [4.69, 9.17) is 19.2 Å². The van der Waals surface area contributed by atoms with Crippen LogP contribution in [-0.4, -0.2) is 96.1 Å². The Morgan fingerprint density at radius 2 is 1.85 bits per heavy atom. The average molecular weight is 576 g/mol. The number of halogens is 1. The van der Waals surface area contributed by atoms with Crippen LogP contribution in [-0.2, 0) is 4.74 Å². The van der Waals surface area contributed by atoms with Gasteiger partial charge in [0.1, 0.15) is 0 Å². The summed E-state index contributed by atoms with van der Waals surface area (Å²) in [6, 6.07) is 6.88.